The van der Waals surface area contributed by atoms with Crippen molar-refractivity contribution in [2.75, 3.05) is 0 Å². The lowest BCUT2D eigenvalue weighted by Gasteiger charge is -2.02. The molecule has 0 radical (unpaired) electrons. The molecule has 27 heavy (non-hydrogen) atoms. The number of hydrazone groups is 1. The molecule has 0 aliphatic heterocycles. The minimum absolute atomic E-state index is 0.0622. The van der Waals surface area contributed by atoms with Gasteiger partial charge in [0.1, 0.15) is 11.4 Å². The Hall–Kier alpha value is -4.01. The summed E-state index contributed by atoms with van der Waals surface area (Å²) in [7, 11) is 0. The summed E-state index contributed by atoms with van der Waals surface area (Å²) in [5.41, 5.74) is 4.58. The Morgan fingerprint density at radius 2 is 2.00 bits per heavy atom. The highest BCUT2D eigenvalue weighted by molar-refractivity contribution is 6.00. The van der Waals surface area contributed by atoms with Crippen LogP contribution in [-0.2, 0) is 0 Å². The van der Waals surface area contributed by atoms with E-state index in [9.17, 15) is 20.0 Å². The number of phenolic OH excluding ortho intramolecular Hbond substituents is 1. The first kappa shape index (κ1) is 17.8. The van der Waals surface area contributed by atoms with Crippen LogP contribution in [0.25, 0.3) is 11.3 Å². The number of carbonyl (C=O) groups is 1. The van der Waals surface area contributed by atoms with E-state index in [1.807, 2.05) is 0 Å². The number of nitro groups is 1. The number of aromatic nitrogens is 2. The number of benzene rings is 2. The number of nitrogens with one attached hydrogen (secondary N) is 2. The zero-order chi connectivity index (χ0) is 19.4. The largest absolute Gasteiger partial charge is 0.508 e. The van der Waals surface area contributed by atoms with E-state index in [1.54, 1.807) is 31.2 Å². The number of hydrogen-bond acceptors (Lipinski definition) is 6. The number of H-pyrrole nitrogens is 1. The maximum atomic E-state index is 12.2. The van der Waals surface area contributed by atoms with Gasteiger partial charge in [-0.2, -0.15) is 10.2 Å². The Kier molecular flexibility index (Phi) is 4.93. The monoisotopic (exact) mass is 365 g/mol. The Morgan fingerprint density at radius 1 is 1.22 bits per heavy atom. The summed E-state index contributed by atoms with van der Waals surface area (Å²) >= 11 is 0. The topological polar surface area (TPSA) is 134 Å². The number of carbonyl (C=O) groups excluding carboxylic acids is 1. The molecule has 0 aliphatic rings. The minimum atomic E-state index is -0.515. The maximum absolute atomic E-state index is 12.2. The van der Waals surface area contributed by atoms with E-state index in [2.05, 4.69) is 20.7 Å². The van der Waals surface area contributed by atoms with Gasteiger partial charge in [-0.15, -0.1) is 0 Å². The molecule has 3 aromatic rings. The first-order valence-corrected chi connectivity index (χ1v) is 7.88. The van der Waals surface area contributed by atoms with Gasteiger partial charge < -0.3 is 5.11 Å². The van der Waals surface area contributed by atoms with Crippen molar-refractivity contribution in [1.82, 2.24) is 15.6 Å². The normalized spacial score (nSPS) is 11.2. The van der Waals surface area contributed by atoms with E-state index in [0.717, 1.165) is 0 Å². The summed E-state index contributed by atoms with van der Waals surface area (Å²) in [6, 6.07) is 13.9. The van der Waals surface area contributed by atoms with Crippen LogP contribution in [0.1, 0.15) is 23.0 Å². The van der Waals surface area contributed by atoms with Crippen LogP contribution in [-0.4, -0.2) is 31.8 Å². The average Bonchev–Trinajstić information content (AvgIpc) is 3.16. The van der Waals surface area contributed by atoms with Crippen molar-refractivity contribution in [2.45, 2.75) is 6.92 Å². The zero-order valence-corrected chi connectivity index (χ0v) is 14.2. The molecule has 0 fully saturated rings. The SMILES string of the molecule is C/C(=N\NC(=O)c1cc(-c2cccc([N+](=O)[O-])c2)n[nH]1)c1cccc(O)c1. The fourth-order valence-electron chi connectivity index (χ4n) is 2.36. The summed E-state index contributed by atoms with van der Waals surface area (Å²) in [6.07, 6.45) is 0. The van der Waals surface area contributed by atoms with Crippen molar-refractivity contribution in [3.63, 3.8) is 0 Å². The second kappa shape index (κ2) is 7.48. The van der Waals surface area contributed by atoms with Crippen LogP contribution in [0.5, 0.6) is 5.75 Å². The van der Waals surface area contributed by atoms with Crippen LogP contribution in [0.15, 0.2) is 59.7 Å². The number of hydrogen-bond donors (Lipinski definition) is 3. The Labute approximate surface area is 153 Å². The third kappa shape index (κ3) is 4.15. The molecule has 3 rings (SSSR count). The van der Waals surface area contributed by atoms with E-state index < -0.39 is 10.8 Å². The molecule has 0 unspecified atom stereocenters. The molecule has 1 amide bonds. The molecule has 0 atom stereocenters. The average molecular weight is 365 g/mol. The Bertz CT molecular complexity index is 1040. The molecule has 1 heterocycles. The predicted octanol–water partition coefficient (Wildman–Crippen LogP) is 2.84. The molecule has 9 heteroatoms. The maximum Gasteiger partial charge on any atom is 0.289 e. The Morgan fingerprint density at radius 3 is 2.74 bits per heavy atom. The van der Waals surface area contributed by atoms with Crippen LogP contribution in [0, 0.1) is 10.1 Å². The highest BCUT2D eigenvalue weighted by Gasteiger charge is 2.13. The van der Waals surface area contributed by atoms with Crippen molar-refractivity contribution in [3.05, 3.63) is 76.0 Å². The summed E-state index contributed by atoms with van der Waals surface area (Å²) < 4.78 is 0. The van der Waals surface area contributed by atoms with Crippen molar-refractivity contribution in [2.24, 2.45) is 5.10 Å². The number of aromatic amines is 1. The number of non-ortho nitro benzene ring substituents is 1. The van der Waals surface area contributed by atoms with Crippen LogP contribution >= 0.6 is 0 Å². The van der Waals surface area contributed by atoms with Gasteiger partial charge in [-0.1, -0.05) is 24.3 Å². The van der Waals surface area contributed by atoms with E-state index in [-0.39, 0.29) is 17.1 Å². The first-order chi connectivity index (χ1) is 12.9. The summed E-state index contributed by atoms with van der Waals surface area (Å²) in [5, 5.41) is 31.0. The van der Waals surface area contributed by atoms with Gasteiger partial charge in [0.05, 0.1) is 16.3 Å². The van der Waals surface area contributed by atoms with Crippen LogP contribution in [0.3, 0.4) is 0 Å². The summed E-state index contributed by atoms with van der Waals surface area (Å²) in [5.74, 6) is -0.415. The number of phenols is 1. The molecule has 1 aromatic heterocycles. The van der Waals surface area contributed by atoms with Gasteiger partial charge in [0.2, 0.25) is 0 Å². The molecule has 136 valence electrons. The molecule has 9 nitrogen and oxygen atoms in total. The van der Waals surface area contributed by atoms with E-state index in [0.29, 0.717) is 22.5 Å². The highest BCUT2D eigenvalue weighted by Crippen LogP contribution is 2.22. The van der Waals surface area contributed by atoms with Crippen molar-refractivity contribution in [1.29, 1.82) is 0 Å². The van der Waals surface area contributed by atoms with Crippen LogP contribution in [0.2, 0.25) is 0 Å². The highest BCUT2D eigenvalue weighted by atomic mass is 16.6. The van der Waals surface area contributed by atoms with Crippen molar-refractivity contribution < 1.29 is 14.8 Å². The van der Waals surface area contributed by atoms with Crippen molar-refractivity contribution in [3.8, 4) is 17.0 Å². The quantitative estimate of drug-likeness (QED) is 0.363. The summed E-state index contributed by atoms with van der Waals surface area (Å²) in [4.78, 5) is 22.6. The molecule has 2 aromatic carbocycles. The third-order valence-corrected chi connectivity index (χ3v) is 3.76. The van der Waals surface area contributed by atoms with Crippen LogP contribution < -0.4 is 5.43 Å². The second-order valence-corrected chi connectivity index (χ2v) is 5.66. The Balaban J connectivity index is 1.74. The van der Waals surface area contributed by atoms with Gasteiger partial charge in [-0.3, -0.25) is 20.0 Å². The number of aromatic hydroxyl groups is 1. The van der Waals surface area contributed by atoms with E-state index in [1.165, 1.54) is 30.3 Å². The third-order valence-electron chi connectivity index (χ3n) is 3.76. The van der Waals surface area contributed by atoms with E-state index >= 15 is 0 Å². The molecular formula is C18H15N5O4. The molecule has 3 N–H and O–H groups in total. The molecule has 0 saturated carbocycles. The molecule has 0 aliphatic carbocycles. The van der Waals surface area contributed by atoms with Crippen LogP contribution in [0.4, 0.5) is 5.69 Å². The fraction of sp³-hybridized carbons (Fsp3) is 0.0556. The second-order valence-electron chi connectivity index (χ2n) is 5.66. The van der Waals surface area contributed by atoms with Gasteiger partial charge in [-0.25, -0.2) is 5.43 Å². The number of rotatable bonds is 5. The lowest BCUT2D eigenvalue weighted by atomic mass is 10.1. The lowest BCUT2D eigenvalue weighted by Crippen LogP contribution is -2.19. The van der Waals surface area contributed by atoms with Gasteiger partial charge in [-0.05, 0) is 25.1 Å². The number of nitrogens with zero attached hydrogens (tertiary/aromatic N) is 3. The molecule has 0 saturated heterocycles. The lowest BCUT2D eigenvalue weighted by molar-refractivity contribution is -0.384. The van der Waals surface area contributed by atoms with Crippen molar-refractivity contribution >= 4 is 17.3 Å². The first-order valence-electron chi connectivity index (χ1n) is 7.88. The number of nitro benzene ring substituents is 1. The zero-order valence-electron chi connectivity index (χ0n) is 14.2. The molecular weight excluding hydrogens is 350 g/mol. The van der Waals surface area contributed by atoms with Gasteiger partial charge >= 0.3 is 0 Å². The van der Waals surface area contributed by atoms with Gasteiger partial charge in [0.15, 0.2) is 0 Å². The smallest absolute Gasteiger partial charge is 0.289 e. The molecule has 0 bridgehead atoms. The van der Waals surface area contributed by atoms with E-state index in [4.69, 9.17) is 0 Å². The predicted molar refractivity (Wildman–Crippen MR) is 98.5 cm³/mol. The van der Waals surface area contributed by atoms with Gasteiger partial charge in [0.25, 0.3) is 11.6 Å². The summed E-state index contributed by atoms with van der Waals surface area (Å²) in [6.45, 7) is 1.69. The number of amides is 1. The fourth-order valence-corrected chi connectivity index (χ4v) is 2.36. The standard InChI is InChI=1S/C18H15N5O4/c1-11(12-4-3-7-15(24)9-12)19-22-18(25)17-10-16(20-21-17)13-5-2-6-14(8-13)23(26)27/h2-10,24H,1H3,(H,20,21)(H,22,25)/b19-11+. The minimum Gasteiger partial charge on any atom is -0.508 e. The molecule has 0 spiro atoms. The van der Waals surface area contributed by atoms with Gasteiger partial charge in [0, 0.05) is 23.3 Å².